The van der Waals surface area contributed by atoms with Crippen molar-refractivity contribution >= 4 is 45.7 Å². The van der Waals surface area contributed by atoms with Gasteiger partial charge in [0.1, 0.15) is 0 Å². The van der Waals surface area contributed by atoms with Crippen molar-refractivity contribution in [1.29, 1.82) is 0 Å². The predicted octanol–water partition coefficient (Wildman–Crippen LogP) is 4.85. The highest BCUT2D eigenvalue weighted by atomic mass is 35.5. The van der Waals surface area contributed by atoms with Crippen molar-refractivity contribution in [2.45, 2.75) is 24.1 Å². The first-order valence-electron chi connectivity index (χ1n) is 7.14. The smallest absolute Gasteiger partial charge is 0.234 e. The normalized spacial score (nSPS) is 12.2. The minimum atomic E-state index is -0.263. The lowest BCUT2D eigenvalue weighted by Crippen LogP contribution is -2.25. The van der Waals surface area contributed by atoms with Crippen molar-refractivity contribution in [1.82, 2.24) is 10.2 Å². The van der Waals surface area contributed by atoms with Crippen LogP contribution < -0.4 is 5.32 Å². The van der Waals surface area contributed by atoms with Gasteiger partial charge < -0.3 is 0 Å². The quantitative estimate of drug-likeness (QED) is 0.432. The highest BCUT2D eigenvalue weighted by Gasteiger charge is 2.25. The molecule has 1 N–H and O–H groups in total. The zero-order valence-corrected chi connectivity index (χ0v) is 15.3. The molecule has 23 heavy (non-hydrogen) atoms. The second kappa shape index (κ2) is 8.47. The van der Waals surface area contributed by atoms with Gasteiger partial charge in [0.25, 0.3) is 0 Å². The molecule has 0 aliphatic rings. The molecule has 1 aromatic heterocycles. The molecule has 0 aliphatic carbocycles. The fourth-order valence-corrected chi connectivity index (χ4v) is 3.78. The molecule has 0 fully saturated rings. The van der Waals surface area contributed by atoms with Gasteiger partial charge in [-0.15, -0.1) is 16.8 Å². The monoisotopic (exact) mass is 367 g/mol. The van der Waals surface area contributed by atoms with Gasteiger partial charge in [0.2, 0.25) is 11.0 Å². The fraction of sp³-hybridized carbons (Fsp3) is 0.312. The highest BCUT2D eigenvalue weighted by molar-refractivity contribution is 8.01. The third-order valence-electron chi connectivity index (χ3n) is 3.14. The number of benzene rings is 1. The summed E-state index contributed by atoms with van der Waals surface area (Å²) >= 11 is 8.83. The highest BCUT2D eigenvalue weighted by Crippen LogP contribution is 2.29. The summed E-state index contributed by atoms with van der Waals surface area (Å²) in [4.78, 5) is 12.6. The van der Waals surface area contributed by atoms with E-state index < -0.39 is 0 Å². The van der Waals surface area contributed by atoms with Crippen LogP contribution in [0.4, 0.5) is 5.13 Å². The van der Waals surface area contributed by atoms with Crippen molar-refractivity contribution in [3.63, 3.8) is 0 Å². The van der Waals surface area contributed by atoms with Crippen LogP contribution in [0.3, 0.4) is 0 Å². The molecule has 4 nitrogen and oxygen atoms in total. The number of hydrogen-bond donors (Lipinski definition) is 1. The Bertz CT molecular complexity index is 670. The van der Waals surface area contributed by atoms with E-state index in [0.717, 1.165) is 15.7 Å². The number of amides is 1. The average molecular weight is 368 g/mol. The van der Waals surface area contributed by atoms with Gasteiger partial charge in [0, 0.05) is 10.8 Å². The molecule has 1 heterocycles. The SMILES string of the molecule is C=CCSc1nnc(NC(=O)[C@H](c2ccc(Cl)cc2)C(C)C)s1. The van der Waals surface area contributed by atoms with E-state index in [-0.39, 0.29) is 17.7 Å². The van der Waals surface area contributed by atoms with Crippen molar-refractivity contribution in [2.75, 3.05) is 11.1 Å². The first-order chi connectivity index (χ1) is 11.0. The maximum absolute atomic E-state index is 12.6. The molecule has 0 radical (unpaired) electrons. The van der Waals surface area contributed by atoms with Gasteiger partial charge in [-0.2, -0.15) is 0 Å². The van der Waals surface area contributed by atoms with Gasteiger partial charge in [-0.25, -0.2) is 0 Å². The molecule has 7 heteroatoms. The summed E-state index contributed by atoms with van der Waals surface area (Å²) in [5, 5.41) is 12.1. The summed E-state index contributed by atoms with van der Waals surface area (Å²) in [6, 6.07) is 7.37. The zero-order valence-electron chi connectivity index (χ0n) is 13.0. The molecular formula is C16H18ClN3OS2. The number of aromatic nitrogens is 2. The number of anilines is 1. The Morgan fingerprint density at radius 1 is 1.39 bits per heavy atom. The molecule has 1 atom stereocenters. The fourth-order valence-electron chi connectivity index (χ4n) is 2.14. The first-order valence-corrected chi connectivity index (χ1v) is 9.32. The molecule has 0 bridgehead atoms. The Morgan fingerprint density at radius 3 is 2.70 bits per heavy atom. The maximum atomic E-state index is 12.6. The van der Waals surface area contributed by atoms with E-state index in [1.165, 1.54) is 11.3 Å². The molecule has 0 unspecified atom stereocenters. The summed E-state index contributed by atoms with van der Waals surface area (Å²) in [6.07, 6.45) is 1.81. The Balaban J connectivity index is 2.10. The van der Waals surface area contributed by atoms with E-state index in [4.69, 9.17) is 11.6 Å². The Morgan fingerprint density at radius 2 is 2.09 bits per heavy atom. The minimum absolute atomic E-state index is 0.0845. The average Bonchev–Trinajstić information content (AvgIpc) is 2.94. The Labute approximate surface area is 149 Å². The summed E-state index contributed by atoms with van der Waals surface area (Å²) < 4.78 is 0.813. The topological polar surface area (TPSA) is 54.9 Å². The van der Waals surface area contributed by atoms with Crippen LogP contribution in [0.25, 0.3) is 0 Å². The molecule has 1 amide bonds. The van der Waals surface area contributed by atoms with Crippen LogP contribution in [0.2, 0.25) is 5.02 Å². The van der Waals surface area contributed by atoms with Gasteiger partial charge in [-0.3, -0.25) is 10.1 Å². The first kappa shape index (κ1) is 18.0. The van der Waals surface area contributed by atoms with Crippen molar-refractivity contribution in [2.24, 2.45) is 5.92 Å². The van der Waals surface area contributed by atoms with Crippen LogP contribution in [-0.4, -0.2) is 21.9 Å². The van der Waals surface area contributed by atoms with Crippen LogP contribution in [0.1, 0.15) is 25.3 Å². The van der Waals surface area contributed by atoms with Crippen molar-refractivity contribution in [3.05, 3.63) is 47.5 Å². The molecule has 2 rings (SSSR count). The summed E-state index contributed by atoms with van der Waals surface area (Å²) in [5.74, 6) is 0.569. The van der Waals surface area contributed by atoms with Crippen LogP contribution in [0.5, 0.6) is 0 Å². The number of carbonyl (C=O) groups excluding carboxylic acids is 1. The van der Waals surface area contributed by atoms with Crippen LogP contribution in [-0.2, 0) is 4.79 Å². The lowest BCUT2D eigenvalue weighted by Gasteiger charge is -2.20. The van der Waals surface area contributed by atoms with Gasteiger partial charge >= 0.3 is 0 Å². The number of nitrogens with zero attached hydrogens (tertiary/aromatic N) is 2. The summed E-state index contributed by atoms with van der Waals surface area (Å²) in [6.45, 7) is 7.71. The number of nitrogens with one attached hydrogen (secondary N) is 1. The van der Waals surface area contributed by atoms with E-state index in [0.29, 0.717) is 10.2 Å². The second-order valence-corrected chi connectivity index (χ2v) is 7.92. The van der Waals surface area contributed by atoms with E-state index in [1.807, 2.05) is 26.0 Å². The van der Waals surface area contributed by atoms with Crippen LogP contribution in [0, 0.1) is 5.92 Å². The lowest BCUT2D eigenvalue weighted by atomic mass is 9.88. The molecule has 122 valence electrons. The minimum Gasteiger partial charge on any atom is -0.300 e. The van der Waals surface area contributed by atoms with Crippen LogP contribution in [0.15, 0.2) is 41.3 Å². The second-order valence-electron chi connectivity index (χ2n) is 5.24. The molecule has 1 aromatic carbocycles. The Kier molecular flexibility index (Phi) is 6.62. The third-order valence-corrected chi connectivity index (χ3v) is 5.36. The number of halogens is 1. The summed E-state index contributed by atoms with van der Waals surface area (Å²) in [5.41, 5.74) is 0.938. The number of thioether (sulfide) groups is 1. The molecule has 2 aromatic rings. The predicted molar refractivity (Wildman–Crippen MR) is 98.5 cm³/mol. The maximum Gasteiger partial charge on any atom is 0.234 e. The lowest BCUT2D eigenvalue weighted by molar-refractivity contribution is -0.118. The molecule has 0 aliphatic heterocycles. The van der Waals surface area contributed by atoms with E-state index >= 15 is 0 Å². The standard InChI is InChI=1S/C16H18ClN3OS2/c1-4-9-22-16-20-19-15(23-16)18-14(21)13(10(2)3)11-5-7-12(17)8-6-11/h4-8,10,13H,1,9H2,2-3H3,(H,18,19,21)/t13-/m0/s1. The van der Waals surface area contributed by atoms with Gasteiger partial charge in [0.15, 0.2) is 4.34 Å². The van der Waals surface area contributed by atoms with Gasteiger partial charge in [-0.1, -0.05) is 66.8 Å². The Hall–Kier alpha value is -1.37. The molecule has 0 spiro atoms. The number of carbonyl (C=O) groups is 1. The van der Waals surface area contributed by atoms with Gasteiger partial charge in [-0.05, 0) is 23.6 Å². The molecular weight excluding hydrogens is 350 g/mol. The van der Waals surface area contributed by atoms with E-state index in [1.54, 1.807) is 30.0 Å². The third kappa shape index (κ3) is 5.06. The van der Waals surface area contributed by atoms with Crippen molar-refractivity contribution < 1.29 is 4.79 Å². The van der Waals surface area contributed by atoms with E-state index in [2.05, 4.69) is 22.1 Å². The van der Waals surface area contributed by atoms with Gasteiger partial charge in [0.05, 0.1) is 5.92 Å². The summed E-state index contributed by atoms with van der Waals surface area (Å²) in [7, 11) is 0. The number of hydrogen-bond acceptors (Lipinski definition) is 5. The van der Waals surface area contributed by atoms with Crippen LogP contribution >= 0.6 is 34.7 Å². The zero-order chi connectivity index (χ0) is 16.8. The molecule has 0 saturated carbocycles. The largest absolute Gasteiger partial charge is 0.300 e. The number of rotatable bonds is 7. The van der Waals surface area contributed by atoms with E-state index in [9.17, 15) is 4.79 Å². The molecule has 0 saturated heterocycles. The van der Waals surface area contributed by atoms with Crippen molar-refractivity contribution in [3.8, 4) is 0 Å².